The van der Waals surface area contributed by atoms with Crippen molar-refractivity contribution in [2.24, 2.45) is 0 Å². The molecule has 1 aliphatic rings. The SMILES string of the molecule is Cc1[nH]cnc1C(=O)N1CCN(C(=O)c2ccc(Cl)cc2F)CC1. The van der Waals surface area contributed by atoms with E-state index < -0.39 is 11.7 Å². The number of aryl methyl sites for hydroxylation is 1. The molecule has 1 aromatic carbocycles. The lowest BCUT2D eigenvalue weighted by Crippen LogP contribution is -2.50. The normalized spacial score (nSPS) is 14.8. The van der Waals surface area contributed by atoms with Crippen molar-refractivity contribution in [2.75, 3.05) is 26.2 Å². The van der Waals surface area contributed by atoms with E-state index in [1.165, 1.54) is 23.4 Å². The summed E-state index contributed by atoms with van der Waals surface area (Å²) in [4.78, 5) is 34.9. The van der Waals surface area contributed by atoms with Gasteiger partial charge >= 0.3 is 0 Å². The van der Waals surface area contributed by atoms with Crippen molar-refractivity contribution in [1.29, 1.82) is 0 Å². The number of rotatable bonds is 2. The zero-order valence-corrected chi connectivity index (χ0v) is 13.8. The number of halogens is 2. The molecule has 24 heavy (non-hydrogen) atoms. The zero-order chi connectivity index (χ0) is 17.3. The number of imidazole rings is 1. The summed E-state index contributed by atoms with van der Waals surface area (Å²) in [7, 11) is 0. The van der Waals surface area contributed by atoms with E-state index >= 15 is 0 Å². The van der Waals surface area contributed by atoms with E-state index in [1.807, 2.05) is 0 Å². The Kier molecular flexibility index (Phi) is 4.53. The molecule has 1 N–H and O–H groups in total. The van der Waals surface area contributed by atoms with Crippen molar-refractivity contribution in [3.8, 4) is 0 Å². The average molecular weight is 351 g/mol. The third kappa shape index (κ3) is 3.12. The molecule has 0 spiro atoms. The Labute approximate surface area is 143 Å². The van der Waals surface area contributed by atoms with Crippen LogP contribution in [0, 0.1) is 12.7 Å². The first-order valence-electron chi connectivity index (χ1n) is 7.51. The molecule has 8 heteroatoms. The predicted molar refractivity (Wildman–Crippen MR) is 86.5 cm³/mol. The molecule has 0 aliphatic carbocycles. The number of benzene rings is 1. The van der Waals surface area contributed by atoms with E-state index in [-0.39, 0.29) is 16.5 Å². The maximum atomic E-state index is 13.9. The molecule has 0 bridgehead atoms. The van der Waals surface area contributed by atoms with Crippen molar-refractivity contribution >= 4 is 23.4 Å². The molecule has 2 aromatic rings. The maximum absolute atomic E-state index is 13.9. The van der Waals surface area contributed by atoms with Gasteiger partial charge in [0.05, 0.1) is 11.9 Å². The second kappa shape index (κ2) is 6.60. The molecule has 126 valence electrons. The second-order valence-electron chi connectivity index (χ2n) is 5.58. The van der Waals surface area contributed by atoms with Crippen LogP contribution >= 0.6 is 11.6 Å². The van der Waals surface area contributed by atoms with Gasteiger partial charge in [0.1, 0.15) is 11.5 Å². The van der Waals surface area contributed by atoms with Crippen LogP contribution in [0.3, 0.4) is 0 Å². The van der Waals surface area contributed by atoms with Gasteiger partial charge < -0.3 is 14.8 Å². The molecule has 2 heterocycles. The Morgan fingerprint density at radius 1 is 1.17 bits per heavy atom. The monoisotopic (exact) mass is 350 g/mol. The Morgan fingerprint density at radius 2 is 1.79 bits per heavy atom. The fourth-order valence-electron chi connectivity index (χ4n) is 2.67. The van der Waals surface area contributed by atoms with Gasteiger partial charge in [0.25, 0.3) is 11.8 Å². The van der Waals surface area contributed by atoms with Crippen LogP contribution in [0.25, 0.3) is 0 Å². The summed E-state index contributed by atoms with van der Waals surface area (Å²) in [5.41, 5.74) is 1.09. The Bertz CT molecular complexity index is 784. The van der Waals surface area contributed by atoms with Crippen LogP contribution in [0.15, 0.2) is 24.5 Å². The molecule has 1 fully saturated rings. The highest BCUT2D eigenvalue weighted by molar-refractivity contribution is 6.30. The highest BCUT2D eigenvalue weighted by Gasteiger charge is 2.28. The number of carbonyl (C=O) groups is 2. The van der Waals surface area contributed by atoms with Crippen LogP contribution in [0.1, 0.15) is 26.5 Å². The fourth-order valence-corrected chi connectivity index (χ4v) is 2.83. The molecule has 1 aliphatic heterocycles. The molecule has 3 rings (SSSR count). The molecule has 0 unspecified atom stereocenters. The van der Waals surface area contributed by atoms with Crippen molar-refractivity contribution in [1.82, 2.24) is 19.8 Å². The van der Waals surface area contributed by atoms with Gasteiger partial charge in [-0.15, -0.1) is 0 Å². The number of carbonyl (C=O) groups excluding carboxylic acids is 2. The van der Waals surface area contributed by atoms with Gasteiger partial charge in [-0.1, -0.05) is 11.6 Å². The minimum absolute atomic E-state index is 0.0117. The van der Waals surface area contributed by atoms with Crippen LogP contribution in [-0.4, -0.2) is 57.8 Å². The van der Waals surface area contributed by atoms with Crippen LogP contribution in [-0.2, 0) is 0 Å². The van der Waals surface area contributed by atoms with Crippen LogP contribution in [0.2, 0.25) is 5.02 Å². The Balaban J connectivity index is 1.65. The van der Waals surface area contributed by atoms with Gasteiger partial charge in [0.2, 0.25) is 0 Å². The van der Waals surface area contributed by atoms with Gasteiger partial charge in [-0.25, -0.2) is 9.37 Å². The predicted octanol–water partition coefficient (Wildman–Crippen LogP) is 2.11. The first-order chi connectivity index (χ1) is 11.5. The summed E-state index contributed by atoms with van der Waals surface area (Å²) in [6.45, 7) is 3.23. The number of H-pyrrole nitrogens is 1. The minimum Gasteiger partial charge on any atom is -0.348 e. The number of amides is 2. The van der Waals surface area contributed by atoms with Gasteiger partial charge in [-0.2, -0.15) is 0 Å². The van der Waals surface area contributed by atoms with Gasteiger partial charge in [-0.05, 0) is 25.1 Å². The molecular weight excluding hydrogens is 335 g/mol. The van der Waals surface area contributed by atoms with Crippen LogP contribution in [0.4, 0.5) is 4.39 Å². The number of aromatic amines is 1. The van der Waals surface area contributed by atoms with Crippen molar-refractivity contribution < 1.29 is 14.0 Å². The number of piperazine rings is 1. The first kappa shape index (κ1) is 16.4. The first-order valence-corrected chi connectivity index (χ1v) is 7.88. The van der Waals surface area contributed by atoms with Crippen molar-refractivity contribution in [3.63, 3.8) is 0 Å². The number of hydrogen-bond donors (Lipinski definition) is 1. The summed E-state index contributed by atoms with van der Waals surface area (Å²) < 4.78 is 13.9. The van der Waals surface area contributed by atoms with E-state index in [2.05, 4.69) is 9.97 Å². The number of nitrogens with one attached hydrogen (secondary N) is 1. The second-order valence-corrected chi connectivity index (χ2v) is 6.02. The summed E-state index contributed by atoms with van der Waals surface area (Å²) in [5.74, 6) is -1.20. The fraction of sp³-hybridized carbons (Fsp3) is 0.312. The summed E-state index contributed by atoms with van der Waals surface area (Å²) >= 11 is 5.71. The van der Waals surface area contributed by atoms with E-state index in [4.69, 9.17) is 11.6 Å². The molecule has 1 saturated heterocycles. The van der Waals surface area contributed by atoms with Crippen LogP contribution < -0.4 is 0 Å². The minimum atomic E-state index is -0.641. The van der Waals surface area contributed by atoms with E-state index in [0.717, 1.165) is 6.07 Å². The largest absolute Gasteiger partial charge is 0.348 e. The van der Waals surface area contributed by atoms with Gasteiger partial charge in [-0.3, -0.25) is 9.59 Å². The number of hydrogen-bond acceptors (Lipinski definition) is 3. The molecule has 0 atom stereocenters. The summed E-state index contributed by atoms with van der Waals surface area (Å²) in [6, 6.07) is 3.98. The van der Waals surface area contributed by atoms with Gasteiger partial charge in [0, 0.05) is 36.9 Å². The van der Waals surface area contributed by atoms with Crippen LogP contribution in [0.5, 0.6) is 0 Å². The van der Waals surface area contributed by atoms with Crippen molar-refractivity contribution in [3.05, 3.63) is 52.3 Å². The quantitative estimate of drug-likeness (QED) is 0.901. The average Bonchev–Trinajstić information content (AvgIpc) is 3.00. The summed E-state index contributed by atoms with van der Waals surface area (Å²) in [5, 5.41) is 0.244. The van der Waals surface area contributed by atoms with Crippen molar-refractivity contribution in [2.45, 2.75) is 6.92 Å². The molecule has 0 saturated carbocycles. The molecule has 0 radical (unpaired) electrons. The zero-order valence-electron chi connectivity index (χ0n) is 13.1. The molecular formula is C16H16ClFN4O2. The highest BCUT2D eigenvalue weighted by Crippen LogP contribution is 2.18. The lowest BCUT2D eigenvalue weighted by atomic mass is 10.1. The van der Waals surface area contributed by atoms with E-state index in [0.29, 0.717) is 37.6 Å². The number of nitrogens with zero attached hydrogens (tertiary/aromatic N) is 3. The maximum Gasteiger partial charge on any atom is 0.274 e. The molecule has 6 nitrogen and oxygen atoms in total. The third-order valence-electron chi connectivity index (χ3n) is 4.05. The smallest absolute Gasteiger partial charge is 0.274 e. The lowest BCUT2D eigenvalue weighted by Gasteiger charge is -2.34. The molecule has 2 amide bonds. The van der Waals surface area contributed by atoms with E-state index in [9.17, 15) is 14.0 Å². The Morgan fingerprint density at radius 3 is 2.33 bits per heavy atom. The Hall–Kier alpha value is -2.41. The topological polar surface area (TPSA) is 69.3 Å². The van der Waals surface area contributed by atoms with E-state index in [1.54, 1.807) is 11.8 Å². The van der Waals surface area contributed by atoms with Gasteiger partial charge in [0.15, 0.2) is 0 Å². The standard InChI is InChI=1S/C16H16ClFN4O2/c1-10-14(20-9-19-10)16(24)22-6-4-21(5-7-22)15(23)12-3-2-11(17)8-13(12)18/h2-3,8-9H,4-7H2,1H3,(H,19,20). The lowest BCUT2D eigenvalue weighted by molar-refractivity contribution is 0.0529. The molecule has 1 aromatic heterocycles. The number of aromatic nitrogens is 2. The summed E-state index contributed by atoms with van der Waals surface area (Å²) in [6.07, 6.45) is 1.48. The third-order valence-corrected chi connectivity index (χ3v) is 4.28. The highest BCUT2D eigenvalue weighted by atomic mass is 35.5.